The molecule has 2 aromatic rings. The average molecular weight is 352 g/mol. The smallest absolute Gasteiger partial charge is 0.261 e. The number of nitrogens with two attached hydrogens (primary N) is 1. The fourth-order valence-electron chi connectivity index (χ4n) is 2.64. The van der Waals surface area contributed by atoms with E-state index in [2.05, 4.69) is 20.2 Å². The largest absolute Gasteiger partial charge is 0.382 e. The Bertz CT molecular complexity index is 712. The first-order valence-corrected chi connectivity index (χ1v) is 8.62. The van der Waals surface area contributed by atoms with Crippen LogP contribution < -0.4 is 16.0 Å². The minimum absolute atomic E-state index is 0.00543. The molecule has 0 saturated carbocycles. The number of hydrogen-bond acceptors (Lipinski definition) is 6. The molecule has 1 saturated heterocycles. The molecule has 0 aromatic carbocycles. The van der Waals surface area contributed by atoms with Gasteiger partial charge in [-0.05, 0) is 31.9 Å². The normalized spacial score (nSPS) is 15.7. The molecular formula is C15H18ClN5OS. The van der Waals surface area contributed by atoms with Crippen LogP contribution in [-0.2, 0) is 0 Å². The van der Waals surface area contributed by atoms with Gasteiger partial charge in [-0.3, -0.25) is 4.79 Å². The zero-order valence-electron chi connectivity index (χ0n) is 12.8. The summed E-state index contributed by atoms with van der Waals surface area (Å²) in [6.45, 7) is 3.53. The molecule has 0 bridgehead atoms. The number of nitrogens with zero attached hydrogens (tertiary/aromatic N) is 3. The molecule has 3 N–H and O–H groups in total. The van der Waals surface area contributed by atoms with Crippen LogP contribution in [0.2, 0.25) is 5.02 Å². The van der Waals surface area contributed by atoms with Crippen molar-refractivity contribution in [2.45, 2.75) is 25.8 Å². The lowest BCUT2D eigenvalue weighted by atomic mass is 10.0. The number of piperidine rings is 1. The highest BCUT2D eigenvalue weighted by Crippen LogP contribution is 2.29. The van der Waals surface area contributed by atoms with E-state index in [0.29, 0.717) is 16.7 Å². The second kappa shape index (κ2) is 6.72. The minimum atomic E-state index is 0.00543. The van der Waals surface area contributed by atoms with Crippen molar-refractivity contribution in [2.75, 3.05) is 23.7 Å². The molecule has 2 aromatic heterocycles. The van der Waals surface area contributed by atoms with E-state index in [-0.39, 0.29) is 11.9 Å². The standard InChI is InChI=1S/C15H18ClN5OS/c1-9-2-3-11(23-9)15(22)20-10-4-6-21(7-5-10)14-12(16)13(17)18-8-19-14/h2-3,8,10H,4-7H2,1H3,(H,20,22)(H2,17,18,19). The number of nitrogens with one attached hydrogen (secondary N) is 1. The Balaban J connectivity index is 1.58. The molecule has 6 nitrogen and oxygen atoms in total. The first-order chi connectivity index (χ1) is 11.0. The molecule has 0 unspecified atom stereocenters. The maximum Gasteiger partial charge on any atom is 0.261 e. The van der Waals surface area contributed by atoms with Crippen LogP contribution in [0.25, 0.3) is 0 Å². The number of nitrogen functional groups attached to an aromatic ring is 1. The number of aromatic nitrogens is 2. The lowest BCUT2D eigenvalue weighted by molar-refractivity contribution is 0.0935. The van der Waals surface area contributed by atoms with Crippen molar-refractivity contribution in [2.24, 2.45) is 0 Å². The number of thiophene rings is 1. The van der Waals surface area contributed by atoms with Crippen LogP contribution in [0.1, 0.15) is 27.4 Å². The predicted molar refractivity (Wildman–Crippen MR) is 93.2 cm³/mol. The van der Waals surface area contributed by atoms with E-state index in [0.717, 1.165) is 35.7 Å². The Morgan fingerprint density at radius 3 is 2.78 bits per heavy atom. The van der Waals surface area contributed by atoms with Gasteiger partial charge in [-0.15, -0.1) is 11.3 Å². The predicted octanol–water partition coefficient (Wildman–Crippen LogP) is 2.48. The third-order valence-corrected chi connectivity index (χ3v) is 5.25. The summed E-state index contributed by atoms with van der Waals surface area (Å²) in [5.41, 5.74) is 5.72. The highest BCUT2D eigenvalue weighted by Gasteiger charge is 2.24. The Morgan fingerprint density at radius 1 is 1.39 bits per heavy atom. The lowest BCUT2D eigenvalue weighted by Gasteiger charge is -2.33. The van der Waals surface area contributed by atoms with Gasteiger partial charge in [0.2, 0.25) is 0 Å². The monoisotopic (exact) mass is 351 g/mol. The molecule has 0 radical (unpaired) electrons. The van der Waals surface area contributed by atoms with E-state index in [4.69, 9.17) is 17.3 Å². The van der Waals surface area contributed by atoms with E-state index in [1.54, 1.807) is 0 Å². The highest BCUT2D eigenvalue weighted by molar-refractivity contribution is 7.13. The lowest BCUT2D eigenvalue weighted by Crippen LogP contribution is -2.45. The van der Waals surface area contributed by atoms with Crippen molar-refractivity contribution in [3.8, 4) is 0 Å². The van der Waals surface area contributed by atoms with Crippen molar-refractivity contribution in [1.82, 2.24) is 15.3 Å². The van der Waals surface area contributed by atoms with E-state index < -0.39 is 0 Å². The number of carbonyl (C=O) groups excluding carboxylic acids is 1. The molecule has 1 aliphatic heterocycles. The third-order valence-electron chi connectivity index (χ3n) is 3.89. The quantitative estimate of drug-likeness (QED) is 0.887. The van der Waals surface area contributed by atoms with E-state index >= 15 is 0 Å². The van der Waals surface area contributed by atoms with Crippen molar-refractivity contribution in [3.05, 3.63) is 33.2 Å². The van der Waals surface area contributed by atoms with Gasteiger partial charge in [0.05, 0.1) is 4.88 Å². The Kier molecular flexibility index (Phi) is 4.68. The van der Waals surface area contributed by atoms with E-state index in [9.17, 15) is 4.79 Å². The zero-order valence-corrected chi connectivity index (χ0v) is 14.3. The van der Waals surface area contributed by atoms with Crippen molar-refractivity contribution < 1.29 is 4.79 Å². The number of aryl methyl sites for hydroxylation is 1. The SMILES string of the molecule is Cc1ccc(C(=O)NC2CCN(c3ncnc(N)c3Cl)CC2)s1. The molecule has 122 valence electrons. The number of carbonyl (C=O) groups is 1. The first-order valence-electron chi connectivity index (χ1n) is 7.43. The summed E-state index contributed by atoms with van der Waals surface area (Å²) >= 11 is 7.68. The topological polar surface area (TPSA) is 84.1 Å². The maximum absolute atomic E-state index is 12.2. The molecule has 0 spiro atoms. The van der Waals surface area contributed by atoms with Gasteiger partial charge in [0.15, 0.2) is 5.82 Å². The molecule has 8 heteroatoms. The van der Waals surface area contributed by atoms with Crippen LogP contribution in [0.5, 0.6) is 0 Å². The zero-order chi connectivity index (χ0) is 16.4. The number of rotatable bonds is 3. The number of halogens is 1. The summed E-state index contributed by atoms with van der Waals surface area (Å²) in [5.74, 6) is 0.962. The fraction of sp³-hybridized carbons (Fsp3) is 0.400. The van der Waals surface area contributed by atoms with Gasteiger partial charge in [-0.2, -0.15) is 0 Å². The Labute approximate surface area is 143 Å². The number of hydrogen-bond donors (Lipinski definition) is 2. The third kappa shape index (κ3) is 3.56. The summed E-state index contributed by atoms with van der Waals surface area (Å²) in [6, 6.07) is 4.00. The summed E-state index contributed by atoms with van der Waals surface area (Å²) < 4.78 is 0. The summed E-state index contributed by atoms with van der Waals surface area (Å²) in [6.07, 6.45) is 3.11. The Morgan fingerprint density at radius 2 is 2.13 bits per heavy atom. The van der Waals surface area contributed by atoms with E-state index in [1.165, 1.54) is 17.7 Å². The number of anilines is 2. The first kappa shape index (κ1) is 16.0. The van der Waals surface area contributed by atoms with Crippen LogP contribution in [0.15, 0.2) is 18.5 Å². The molecule has 23 heavy (non-hydrogen) atoms. The summed E-state index contributed by atoms with van der Waals surface area (Å²) in [4.78, 5) is 24.3. The maximum atomic E-state index is 12.2. The average Bonchev–Trinajstić information content (AvgIpc) is 2.98. The van der Waals surface area contributed by atoms with Gasteiger partial charge in [0.1, 0.15) is 17.2 Å². The minimum Gasteiger partial charge on any atom is -0.382 e. The fourth-order valence-corrected chi connectivity index (χ4v) is 3.63. The molecule has 3 heterocycles. The van der Waals surface area contributed by atoms with Crippen molar-refractivity contribution in [3.63, 3.8) is 0 Å². The van der Waals surface area contributed by atoms with Crippen molar-refractivity contribution >= 4 is 40.5 Å². The van der Waals surface area contributed by atoms with Crippen molar-refractivity contribution in [1.29, 1.82) is 0 Å². The van der Waals surface area contributed by atoms with Gasteiger partial charge in [-0.25, -0.2) is 9.97 Å². The van der Waals surface area contributed by atoms with Crippen LogP contribution in [0.4, 0.5) is 11.6 Å². The second-order valence-corrected chi connectivity index (χ2v) is 7.21. The number of amides is 1. The highest BCUT2D eigenvalue weighted by atomic mass is 35.5. The summed E-state index contributed by atoms with van der Waals surface area (Å²) in [5, 5.41) is 3.49. The Hall–Kier alpha value is -1.86. The van der Waals surface area contributed by atoms with Gasteiger partial charge < -0.3 is 16.0 Å². The van der Waals surface area contributed by atoms with Gasteiger partial charge in [0.25, 0.3) is 5.91 Å². The molecule has 3 rings (SSSR count). The molecule has 0 aliphatic carbocycles. The van der Waals surface area contributed by atoms with Crippen LogP contribution in [0, 0.1) is 6.92 Å². The van der Waals surface area contributed by atoms with Gasteiger partial charge in [-0.1, -0.05) is 11.6 Å². The molecule has 1 amide bonds. The second-order valence-electron chi connectivity index (χ2n) is 5.54. The van der Waals surface area contributed by atoms with Crippen LogP contribution in [-0.4, -0.2) is 35.0 Å². The van der Waals surface area contributed by atoms with E-state index in [1.807, 2.05) is 19.1 Å². The van der Waals surface area contributed by atoms with Gasteiger partial charge >= 0.3 is 0 Å². The molecule has 1 aliphatic rings. The van der Waals surface area contributed by atoms with Gasteiger partial charge in [0, 0.05) is 24.0 Å². The van der Waals surface area contributed by atoms with Crippen LogP contribution >= 0.6 is 22.9 Å². The molecule has 0 atom stereocenters. The molecular weight excluding hydrogens is 334 g/mol. The van der Waals surface area contributed by atoms with Crippen LogP contribution in [0.3, 0.4) is 0 Å². The summed E-state index contributed by atoms with van der Waals surface area (Å²) in [7, 11) is 0. The molecule has 1 fully saturated rings.